The lowest BCUT2D eigenvalue weighted by atomic mass is 10.2. The molecular formula is C20H20N2O5S. The fourth-order valence-corrected chi connectivity index (χ4v) is 3.68. The third-order valence-corrected chi connectivity index (χ3v) is 5.11. The van der Waals surface area contributed by atoms with Gasteiger partial charge in [0.15, 0.2) is 11.4 Å². The van der Waals surface area contributed by atoms with Crippen molar-refractivity contribution < 1.29 is 23.8 Å². The van der Waals surface area contributed by atoms with Crippen molar-refractivity contribution in [1.29, 1.82) is 0 Å². The number of benzene rings is 2. The predicted molar refractivity (Wildman–Crippen MR) is 106 cm³/mol. The van der Waals surface area contributed by atoms with E-state index in [0.717, 1.165) is 15.8 Å². The van der Waals surface area contributed by atoms with Gasteiger partial charge in [0.1, 0.15) is 18.0 Å². The minimum absolute atomic E-state index is 0.0480. The van der Waals surface area contributed by atoms with E-state index in [4.69, 9.17) is 14.2 Å². The molecule has 1 aromatic heterocycles. The topological polar surface area (TPSA) is 79.1 Å². The van der Waals surface area contributed by atoms with E-state index >= 15 is 0 Å². The van der Waals surface area contributed by atoms with Gasteiger partial charge in [-0.25, -0.2) is 0 Å². The molecule has 3 rings (SSSR count). The first-order chi connectivity index (χ1) is 13.5. The number of ether oxygens (including phenoxy) is 3. The number of esters is 1. The number of rotatable bonds is 6. The van der Waals surface area contributed by atoms with Crippen molar-refractivity contribution in [3.05, 3.63) is 52.8 Å². The molecule has 28 heavy (non-hydrogen) atoms. The normalized spacial score (nSPS) is 11.5. The van der Waals surface area contributed by atoms with Crippen molar-refractivity contribution in [1.82, 2.24) is 4.57 Å². The largest absolute Gasteiger partial charge is 0.497 e. The third-order valence-electron chi connectivity index (χ3n) is 4.07. The molecule has 1 amide bonds. The lowest BCUT2D eigenvalue weighted by Gasteiger charge is -2.06. The number of hydrogen-bond donors (Lipinski definition) is 0. The number of carbonyl (C=O) groups is 2. The van der Waals surface area contributed by atoms with Gasteiger partial charge in [-0.2, -0.15) is 4.99 Å². The van der Waals surface area contributed by atoms with E-state index in [-0.39, 0.29) is 13.2 Å². The molecule has 0 atom stereocenters. The fraction of sp³-hybridized carbons (Fsp3) is 0.250. The summed E-state index contributed by atoms with van der Waals surface area (Å²) in [7, 11) is 2.90. The van der Waals surface area contributed by atoms with Crippen molar-refractivity contribution in [3.8, 4) is 11.5 Å². The van der Waals surface area contributed by atoms with Crippen LogP contribution in [0.25, 0.3) is 10.2 Å². The van der Waals surface area contributed by atoms with E-state index in [1.807, 2.05) is 37.3 Å². The third kappa shape index (κ3) is 4.40. The number of para-hydroxylation sites is 1. The molecule has 0 bridgehead atoms. The molecular weight excluding hydrogens is 380 g/mol. The van der Waals surface area contributed by atoms with Gasteiger partial charge in [-0.3, -0.25) is 9.59 Å². The van der Waals surface area contributed by atoms with Gasteiger partial charge in [-0.05, 0) is 36.8 Å². The maximum absolute atomic E-state index is 12.4. The van der Waals surface area contributed by atoms with Crippen molar-refractivity contribution >= 4 is 33.4 Å². The number of aromatic nitrogens is 1. The fourth-order valence-electron chi connectivity index (χ4n) is 2.61. The Labute approximate surface area is 165 Å². The average Bonchev–Trinajstić information content (AvgIpc) is 3.03. The summed E-state index contributed by atoms with van der Waals surface area (Å²) in [5, 5.41) is 0. The summed E-state index contributed by atoms with van der Waals surface area (Å²) in [6.45, 7) is 1.66. The highest BCUT2D eigenvalue weighted by Gasteiger charge is 2.13. The van der Waals surface area contributed by atoms with E-state index in [9.17, 15) is 9.59 Å². The Balaban J connectivity index is 1.92. The monoisotopic (exact) mass is 400 g/mol. The summed E-state index contributed by atoms with van der Waals surface area (Å²) < 4.78 is 18.1. The Morgan fingerprint density at radius 1 is 1.14 bits per heavy atom. The number of methoxy groups -OCH3 is 2. The first-order valence-electron chi connectivity index (χ1n) is 8.52. The molecule has 1 heterocycles. The van der Waals surface area contributed by atoms with Crippen LogP contribution in [0.1, 0.15) is 5.56 Å². The number of nitrogens with zero attached hydrogens (tertiary/aromatic N) is 2. The van der Waals surface area contributed by atoms with Crippen molar-refractivity contribution in [2.75, 3.05) is 20.8 Å². The highest BCUT2D eigenvalue weighted by molar-refractivity contribution is 7.16. The highest BCUT2D eigenvalue weighted by atomic mass is 32.1. The molecule has 0 saturated heterocycles. The molecule has 0 unspecified atom stereocenters. The summed E-state index contributed by atoms with van der Waals surface area (Å²) in [6, 6.07) is 12.9. The SMILES string of the molecule is COC(=O)Cn1c(=NC(=O)COc2ccccc2C)sc2cc(OC)ccc21. The molecule has 0 N–H and O–H groups in total. The van der Waals surface area contributed by atoms with Crippen LogP contribution in [0.4, 0.5) is 0 Å². The first-order valence-corrected chi connectivity index (χ1v) is 9.33. The van der Waals surface area contributed by atoms with Gasteiger partial charge in [0.2, 0.25) is 0 Å². The van der Waals surface area contributed by atoms with Crippen molar-refractivity contribution in [2.24, 2.45) is 4.99 Å². The Kier molecular flexibility index (Phi) is 6.10. The maximum atomic E-state index is 12.4. The summed E-state index contributed by atoms with van der Waals surface area (Å²) >= 11 is 1.29. The van der Waals surface area contributed by atoms with Crippen LogP contribution in [0.3, 0.4) is 0 Å². The number of hydrogen-bond acceptors (Lipinski definition) is 6. The average molecular weight is 400 g/mol. The second kappa shape index (κ2) is 8.71. The predicted octanol–water partition coefficient (Wildman–Crippen LogP) is 2.70. The zero-order valence-electron chi connectivity index (χ0n) is 15.8. The summed E-state index contributed by atoms with van der Waals surface area (Å²) in [5.41, 5.74) is 1.70. The van der Waals surface area contributed by atoms with Gasteiger partial charge in [-0.1, -0.05) is 29.5 Å². The van der Waals surface area contributed by atoms with Gasteiger partial charge in [0.05, 0.1) is 24.4 Å². The van der Waals surface area contributed by atoms with Crippen LogP contribution in [0.15, 0.2) is 47.5 Å². The second-order valence-corrected chi connectivity index (χ2v) is 6.95. The molecule has 7 nitrogen and oxygen atoms in total. The van der Waals surface area contributed by atoms with Gasteiger partial charge in [0, 0.05) is 0 Å². The van der Waals surface area contributed by atoms with Crippen LogP contribution >= 0.6 is 11.3 Å². The van der Waals surface area contributed by atoms with Crippen LogP contribution in [0.5, 0.6) is 11.5 Å². The number of amides is 1. The molecule has 2 aromatic carbocycles. The van der Waals surface area contributed by atoms with Gasteiger partial charge < -0.3 is 18.8 Å². The molecule has 0 aliphatic carbocycles. The van der Waals surface area contributed by atoms with Gasteiger partial charge >= 0.3 is 5.97 Å². The van der Waals surface area contributed by atoms with Crippen molar-refractivity contribution in [2.45, 2.75) is 13.5 Å². The molecule has 0 aliphatic heterocycles. The van der Waals surface area contributed by atoms with Crippen LogP contribution in [-0.2, 0) is 20.9 Å². The standard InChI is InChI=1S/C20H20N2O5S/c1-13-6-4-5-7-16(13)27-12-18(23)21-20-22(11-19(24)26-3)15-9-8-14(25-2)10-17(15)28-20/h4-10H,11-12H2,1-3H3. The Morgan fingerprint density at radius 3 is 2.64 bits per heavy atom. The molecule has 0 spiro atoms. The quantitative estimate of drug-likeness (QED) is 0.595. The maximum Gasteiger partial charge on any atom is 0.325 e. The lowest BCUT2D eigenvalue weighted by Crippen LogP contribution is -2.23. The van der Waals surface area contributed by atoms with Crippen LogP contribution in [-0.4, -0.2) is 37.3 Å². The molecule has 146 valence electrons. The summed E-state index contributed by atoms with van der Waals surface area (Å²) in [5.74, 6) is 0.440. The minimum Gasteiger partial charge on any atom is -0.497 e. The Bertz CT molecular complexity index is 1080. The molecule has 0 aliphatic rings. The molecule has 0 saturated carbocycles. The van der Waals surface area contributed by atoms with Gasteiger partial charge in [-0.15, -0.1) is 0 Å². The number of carbonyl (C=O) groups excluding carboxylic acids is 2. The summed E-state index contributed by atoms with van der Waals surface area (Å²) in [6.07, 6.45) is 0. The zero-order chi connectivity index (χ0) is 20.1. The van der Waals surface area contributed by atoms with Crippen LogP contribution < -0.4 is 14.3 Å². The molecule has 0 radical (unpaired) electrons. The van der Waals surface area contributed by atoms with E-state index in [1.54, 1.807) is 23.8 Å². The molecule has 0 fully saturated rings. The number of thiazole rings is 1. The smallest absolute Gasteiger partial charge is 0.325 e. The highest BCUT2D eigenvalue weighted by Crippen LogP contribution is 2.23. The van der Waals surface area contributed by atoms with E-state index in [1.165, 1.54) is 18.4 Å². The van der Waals surface area contributed by atoms with E-state index < -0.39 is 11.9 Å². The zero-order valence-corrected chi connectivity index (χ0v) is 16.6. The van der Waals surface area contributed by atoms with Crippen molar-refractivity contribution in [3.63, 3.8) is 0 Å². The lowest BCUT2D eigenvalue weighted by molar-refractivity contribution is -0.141. The van der Waals surface area contributed by atoms with E-state index in [0.29, 0.717) is 16.3 Å². The van der Waals surface area contributed by atoms with Crippen LogP contribution in [0.2, 0.25) is 0 Å². The molecule has 3 aromatic rings. The minimum atomic E-state index is -0.444. The Hall–Kier alpha value is -3.13. The first kappa shape index (κ1) is 19.6. The summed E-state index contributed by atoms with van der Waals surface area (Å²) in [4.78, 5) is 28.7. The molecule has 8 heteroatoms. The number of aryl methyl sites for hydroxylation is 1. The van der Waals surface area contributed by atoms with E-state index in [2.05, 4.69) is 4.99 Å². The number of fused-ring (bicyclic) bond motifs is 1. The van der Waals surface area contributed by atoms with Crippen LogP contribution in [0, 0.1) is 6.92 Å². The Morgan fingerprint density at radius 2 is 1.93 bits per heavy atom. The second-order valence-electron chi connectivity index (χ2n) is 5.94. The van der Waals surface area contributed by atoms with Gasteiger partial charge in [0.25, 0.3) is 5.91 Å².